The molecule has 0 radical (unpaired) electrons. The van der Waals surface area contributed by atoms with Crippen LogP contribution in [0.5, 0.6) is 0 Å². The van der Waals surface area contributed by atoms with E-state index in [1.54, 1.807) is 10.7 Å². The largest absolute Gasteiger partial charge is 0.334 e. The van der Waals surface area contributed by atoms with Crippen LogP contribution >= 0.6 is 0 Å². The molecule has 7 heteroatoms. The summed E-state index contributed by atoms with van der Waals surface area (Å²) in [5.74, 6) is 0.0209. The number of hydrogen-bond donors (Lipinski definition) is 0. The minimum Gasteiger partial charge on any atom is -0.334 e. The maximum Gasteiger partial charge on any atom is 0.259 e. The van der Waals surface area contributed by atoms with Crippen molar-refractivity contribution in [2.24, 2.45) is 0 Å². The van der Waals surface area contributed by atoms with Crippen LogP contribution in [0.1, 0.15) is 34.5 Å². The molecule has 1 atom stereocenters. The fourth-order valence-electron chi connectivity index (χ4n) is 3.47. The molecule has 0 spiro atoms. The molecule has 3 aromatic heterocycles. The number of hydrogen-bond acceptors (Lipinski definition) is 4. The number of carbonyl (C=O) groups is 1. The van der Waals surface area contributed by atoms with Gasteiger partial charge in [0, 0.05) is 25.1 Å². The Morgan fingerprint density at radius 3 is 3.04 bits per heavy atom. The number of likely N-dealkylation sites (tertiary alicyclic amines) is 1. The zero-order chi connectivity index (χ0) is 16.7. The highest BCUT2D eigenvalue weighted by atomic mass is 16.2. The predicted molar refractivity (Wildman–Crippen MR) is 88.7 cm³/mol. The van der Waals surface area contributed by atoms with Crippen molar-refractivity contribution in [3.8, 4) is 0 Å². The Morgan fingerprint density at radius 2 is 2.25 bits per heavy atom. The Morgan fingerprint density at radius 1 is 1.38 bits per heavy atom. The number of aromatic nitrogens is 5. The summed E-state index contributed by atoms with van der Waals surface area (Å²) in [6, 6.07) is 1.97. The normalized spacial score (nSPS) is 17.8. The number of amides is 1. The van der Waals surface area contributed by atoms with Crippen LogP contribution in [0.15, 0.2) is 30.9 Å². The van der Waals surface area contributed by atoms with E-state index in [1.165, 1.54) is 0 Å². The van der Waals surface area contributed by atoms with Gasteiger partial charge in [-0.1, -0.05) is 0 Å². The molecule has 0 unspecified atom stereocenters. The van der Waals surface area contributed by atoms with Gasteiger partial charge in [0.25, 0.3) is 5.91 Å². The van der Waals surface area contributed by atoms with Gasteiger partial charge in [0.1, 0.15) is 5.56 Å². The third-order valence-electron chi connectivity index (χ3n) is 4.58. The van der Waals surface area contributed by atoms with Crippen LogP contribution in [0, 0.1) is 13.8 Å². The number of nitrogens with zero attached hydrogens (tertiary/aromatic N) is 6. The molecule has 4 heterocycles. The van der Waals surface area contributed by atoms with E-state index in [-0.39, 0.29) is 11.9 Å². The van der Waals surface area contributed by atoms with E-state index in [0.29, 0.717) is 11.2 Å². The summed E-state index contributed by atoms with van der Waals surface area (Å²) in [7, 11) is 0. The summed E-state index contributed by atoms with van der Waals surface area (Å²) in [4.78, 5) is 19.4. The molecule has 4 rings (SSSR count). The summed E-state index contributed by atoms with van der Waals surface area (Å²) in [5, 5.41) is 8.76. The van der Waals surface area contributed by atoms with Crippen molar-refractivity contribution in [2.75, 3.05) is 6.54 Å². The molecule has 0 N–H and O–H groups in total. The van der Waals surface area contributed by atoms with Crippen molar-refractivity contribution in [3.05, 3.63) is 47.7 Å². The van der Waals surface area contributed by atoms with Crippen LogP contribution in [-0.4, -0.2) is 47.8 Å². The molecule has 124 valence electrons. The maximum absolute atomic E-state index is 13.2. The fraction of sp³-hybridized carbons (Fsp3) is 0.412. The zero-order valence-corrected chi connectivity index (χ0v) is 13.9. The van der Waals surface area contributed by atoms with E-state index >= 15 is 0 Å². The highest BCUT2D eigenvalue weighted by molar-refractivity contribution is 6.01. The van der Waals surface area contributed by atoms with Gasteiger partial charge in [-0.25, -0.2) is 9.50 Å². The lowest BCUT2D eigenvalue weighted by Gasteiger charge is -2.24. The Hall–Kier alpha value is -2.70. The summed E-state index contributed by atoms with van der Waals surface area (Å²) in [6.07, 6.45) is 9.39. The Balaban J connectivity index is 1.63. The van der Waals surface area contributed by atoms with Crippen molar-refractivity contribution < 1.29 is 4.79 Å². The average molecular weight is 324 g/mol. The molecule has 1 aliphatic heterocycles. The fourth-order valence-corrected chi connectivity index (χ4v) is 3.47. The van der Waals surface area contributed by atoms with Crippen LogP contribution in [0.4, 0.5) is 0 Å². The van der Waals surface area contributed by atoms with E-state index in [0.717, 1.165) is 37.2 Å². The van der Waals surface area contributed by atoms with Crippen LogP contribution in [0.3, 0.4) is 0 Å². The van der Waals surface area contributed by atoms with Gasteiger partial charge >= 0.3 is 0 Å². The first-order valence-electron chi connectivity index (χ1n) is 8.23. The molecule has 1 saturated heterocycles. The van der Waals surface area contributed by atoms with Gasteiger partial charge in [-0.3, -0.25) is 9.48 Å². The lowest BCUT2D eigenvalue weighted by molar-refractivity contribution is 0.0722. The van der Waals surface area contributed by atoms with Gasteiger partial charge in [-0.2, -0.15) is 10.2 Å². The number of fused-ring (bicyclic) bond motifs is 1. The highest BCUT2D eigenvalue weighted by Crippen LogP contribution is 2.24. The summed E-state index contributed by atoms with van der Waals surface area (Å²) < 4.78 is 3.59. The molecule has 24 heavy (non-hydrogen) atoms. The predicted octanol–water partition coefficient (Wildman–Crippen LogP) is 1.85. The Bertz CT molecular complexity index is 896. The second-order valence-electron chi connectivity index (χ2n) is 6.38. The monoisotopic (exact) mass is 324 g/mol. The van der Waals surface area contributed by atoms with Crippen LogP contribution < -0.4 is 0 Å². The van der Waals surface area contributed by atoms with E-state index in [4.69, 9.17) is 0 Å². The smallest absolute Gasteiger partial charge is 0.259 e. The lowest BCUT2D eigenvalue weighted by Crippen LogP contribution is -2.38. The average Bonchev–Trinajstić information content (AvgIpc) is 3.25. The number of carbonyl (C=O) groups excluding carboxylic acids is 1. The van der Waals surface area contributed by atoms with E-state index < -0.39 is 0 Å². The Labute approximate surface area is 139 Å². The van der Waals surface area contributed by atoms with Gasteiger partial charge < -0.3 is 4.90 Å². The van der Waals surface area contributed by atoms with Crippen molar-refractivity contribution in [3.63, 3.8) is 0 Å². The maximum atomic E-state index is 13.2. The van der Waals surface area contributed by atoms with Gasteiger partial charge in [0.05, 0.1) is 24.5 Å². The van der Waals surface area contributed by atoms with Crippen LogP contribution in [0.25, 0.3) is 5.65 Å². The summed E-state index contributed by atoms with van der Waals surface area (Å²) >= 11 is 0. The molecular weight excluding hydrogens is 304 g/mol. The number of rotatable bonds is 3. The van der Waals surface area contributed by atoms with Crippen molar-refractivity contribution >= 4 is 11.6 Å². The lowest BCUT2D eigenvalue weighted by atomic mass is 10.2. The molecule has 1 amide bonds. The first kappa shape index (κ1) is 14.9. The minimum atomic E-state index is 0.0209. The summed E-state index contributed by atoms with van der Waals surface area (Å²) in [5.41, 5.74) is 3.09. The molecule has 1 aliphatic rings. The van der Waals surface area contributed by atoms with Gasteiger partial charge in [0.2, 0.25) is 0 Å². The van der Waals surface area contributed by atoms with E-state index in [2.05, 4.69) is 15.2 Å². The highest BCUT2D eigenvalue weighted by Gasteiger charge is 2.32. The van der Waals surface area contributed by atoms with Gasteiger partial charge in [-0.15, -0.1) is 0 Å². The van der Waals surface area contributed by atoms with E-state index in [9.17, 15) is 4.79 Å². The second-order valence-corrected chi connectivity index (χ2v) is 6.38. The SMILES string of the molecule is Cc1cnn(C[C@H]2CCCN2C(=O)c2c(C)nn3cccnc23)c1. The zero-order valence-electron chi connectivity index (χ0n) is 13.9. The van der Waals surface area contributed by atoms with Crippen molar-refractivity contribution in [2.45, 2.75) is 39.3 Å². The third kappa shape index (κ3) is 2.46. The molecular formula is C17H20N6O. The van der Waals surface area contributed by atoms with Crippen molar-refractivity contribution in [1.82, 2.24) is 29.3 Å². The van der Waals surface area contributed by atoms with Gasteiger partial charge in [0.15, 0.2) is 5.65 Å². The first-order chi connectivity index (χ1) is 11.6. The molecule has 1 fully saturated rings. The quantitative estimate of drug-likeness (QED) is 0.737. The molecule has 0 bridgehead atoms. The Kier molecular flexibility index (Phi) is 3.55. The molecule has 7 nitrogen and oxygen atoms in total. The van der Waals surface area contributed by atoms with Crippen molar-refractivity contribution in [1.29, 1.82) is 0 Å². The van der Waals surface area contributed by atoms with Crippen LogP contribution in [-0.2, 0) is 6.54 Å². The topological polar surface area (TPSA) is 68.3 Å². The van der Waals surface area contributed by atoms with E-state index in [1.807, 2.05) is 48.1 Å². The first-order valence-corrected chi connectivity index (χ1v) is 8.23. The molecule has 0 aromatic carbocycles. The van der Waals surface area contributed by atoms with Gasteiger partial charge in [-0.05, 0) is 38.3 Å². The molecule has 0 aliphatic carbocycles. The molecule has 3 aromatic rings. The van der Waals surface area contributed by atoms with Crippen LogP contribution in [0.2, 0.25) is 0 Å². The summed E-state index contributed by atoms with van der Waals surface area (Å²) in [6.45, 7) is 5.39. The minimum absolute atomic E-state index is 0.0209. The third-order valence-corrected chi connectivity index (χ3v) is 4.58. The number of aryl methyl sites for hydroxylation is 2. The molecule has 0 saturated carbocycles. The standard InChI is InChI=1S/C17H20N6O/c1-12-9-19-21(10-12)11-14-5-3-7-22(14)17(24)15-13(2)20-23-8-4-6-18-16(15)23/h4,6,8-10,14H,3,5,7,11H2,1-2H3/t14-/m1/s1. The second kappa shape index (κ2) is 5.74.